The van der Waals surface area contributed by atoms with Gasteiger partial charge >= 0.3 is 0 Å². The predicted octanol–water partition coefficient (Wildman–Crippen LogP) is 0.305. The van der Waals surface area contributed by atoms with Gasteiger partial charge in [0.15, 0.2) is 17.3 Å². The molecule has 2 rings (SSSR count). The first-order valence-electron chi connectivity index (χ1n) is 4.58. The van der Waals surface area contributed by atoms with Crippen LogP contribution in [-0.4, -0.2) is 30.6 Å². The number of hydrogen-bond acceptors (Lipinski definition) is 5. The van der Waals surface area contributed by atoms with E-state index >= 15 is 0 Å². The molecule has 0 bridgehead atoms. The zero-order valence-electron chi connectivity index (χ0n) is 8.03. The third-order valence-corrected chi connectivity index (χ3v) is 2.11. The van der Waals surface area contributed by atoms with Crippen molar-refractivity contribution >= 4 is 5.78 Å². The van der Waals surface area contributed by atoms with Crippen LogP contribution in [0, 0.1) is 0 Å². The summed E-state index contributed by atoms with van der Waals surface area (Å²) in [6.07, 6.45) is 0. The number of carbonyl (C=O) groups is 1. The van der Waals surface area contributed by atoms with Crippen LogP contribution in [-0.2, 0) is 0 Å². The molecule has 0 radical (unpaired) electrons. The molecule has 0 fully saturated rings. The van der Waals surface area contributed by atoms with Crippen LogP contribution in [0.1, 0.15) is 10.4 Å². The Kier molecular flexibility index (Phi) is 2.47. The summed E-state index contributed by atoms with van der Waals surface area (Å²) >= 11 is 0. The number of hydrogen-bond donors (Lipinski definition) is 2. The molecule has 1 heterocycles. The van der Waals surface area contributed by atoms with Crippen molar-refractivity contribution in [3.05, 3.63) is 17.7 Å². The molecule has 0 aromatic heterocycles. The molecule has 3 N–H and O–H groups in total. The lowest BCUT2D eigenvalue weighted by molar-refractivity contribution is 0.0989. The molecule has 0 atom stereocenters. The summed E-state index contributed by atoms with van der Waals surface area (Å²) in [5.74, 6) is 0.441. The highest BCUT2D eigenvalue weighted by atomic mass is 16.6. The molecule has 0 saturated heterocycles. The topological polar surface area (TPSA) is 81.8 Å². The lowest BCUT2D eigenvalue weighted by Gasteiger charge is -2.20. The van der Waals surface area contributed by atoms with E-state index in [1.807, 2.05) is 0 Å². The summed E-state index contributed by atoms with van der Waals surface area (Å²) in [6, 6.07) is 2.75. The summed E-state index contributed by atoms with van der Waals surface area (Å²) in [5, 5.41) is 9.38. The molecule has 1 aliphatic heterocycles. The highest BCUT2D eigenvalue weighted by Gasteiger charge is 2.21. The number of phenols is 1. The number of ether oxygens (including phenoxy) is 2. The molecule has 0 amide bonds. The Balaban J connectivity index is 2.52. The van der Waals surface area contributed by atoms with E-state index in [-0.39, 0.29) is 23.6 Å². The van der Waals surface area contributed by atoms with E-state index in [9.17, 15) is 9.90 Å². The zero-order valence-corrected chi connectivity index (χ0v) is 8.03. The third-order valence-electron chi connectivity index (χ3n) is 2.11. The summed E-state index contributed by atoms with van der Waals surface area (Å²) < 4.78 is 10.6. The van der Waals surface area contributed by atoms with E-state index in [2.05, 4.69) is 0 Å². The highest BCUT2D eigenvalue weighted by Crippen LogP contribution is 2.37. The van der Waals surface area contributed by atoms with Crippen LogP contribution in [0.15, 0.2) is 12.1 Å². The van der Waals surface area contributed by atoms with E-state index in [1.54, 1.807) is 0 Å². The second-order valence-electron chi connectivity index (χ2n) is 3.14. The minimum Gasteiger partial charge on any atom is -0.508 e. The molecule has 0 aliphatic carbocycles. The Hall–Kier alpha value is -1.75. The van der Waals surface area contributed by atoms with E-state index in [0.717, 1.165) is 0 Å². The summed E-state index contributed by atoms with van der Waals surface area (Å²) in [4.78, 5) is 11.5. The number of aromatic hydroxyl groups is 1. The second-order valence-corrected chi connectivity index (χ2v) is 3.14. The van der Waals surface area contributed by atoms with Gasteiger partial charge in [0.05, 0.1) is 12.1 Å². The molecule has 1 aliphatic rings. The fraction of sp³-hybridized carbons (Fsp3) is 0.300. The van der Waals surface area contributed by atoms with Crippen molar-refractivity contribution in [3.8, 4) is 17.2 Å². The number of nitrogens with two attached hydrogens (primary N) is 1. The van der Waals surface area contributed by atoms with Gasteiger partial charge in [-0.15, -0.1) is 0 Å². The van der Waals surface area contributed by atoms with E-state index < -0.39 is 0 Å². The molecule has 15 heavy (non-hydrogen) atoms. The van der Waals surface area contributed by atoms with Crippen molar-refractivity contribution in [2.75, 3.05) is 19.8 Å². The maximum absolute atomic E-state index is 11.5. The van der Waals surface area contributed by atoms with Gasteiger partial charge in [0, 0.05) is 6.07 Å². The average molecular weight is 209 g/mol. The maximum atomic E-state index is 11.5. The standard InChI is InChI=1S/C10H11NO4/c11-5-8(13)7-3-6(12)4-9-10(7)15-2-1-14-9/h3-4,12H,1-2,5,11H2. The van der Waals surface area contributed by atoms with Crippen molar-refractivity contribution in [1.82, 2.24) is 0 Å². The summed E-state index contributed by atoms with van der Waals surface area (Å²) in [6.45, 7) is 0.675. The maximum Gasteiger partial charge on any atom is 0.180 e. The molecule has 5 heteroatoms. The van der Waals surface area contributed by atoms with Gasteiger partial charge in [-0.3, -0.25) is 4.79 Å². The third kappa shape index (κ3) is 1.73. The van der Waals surface area contributed by atoms with E-state index in [0.29, 0.717) is 24.7 Å². The normalized spacial score (nSPS) is 13.7. The van der Waals surface area contributed by atoms with Crippen molar-refractivity contribution in [2.24, 2.45) is 5.73 Å². The number of fused-ring (bicyclic) bond motifs is 1. The molecule has 0 spiro atoms. The molecule has 1 aromatic carbocycles. The van der Waals surface area contributed by atoms with Gasteiger partial charge < -0.3 is 20.3 Å². The fourth-order valence-corrected chi connectivity index (χ4v) is 1.46. The largest absolute Gasteiger partial charge is 0.508 e. The van der Waals surface area contributed by atoms with Gasteiger partial charge in [-0.05, 0) is 6.07 Å². The van der Waals surface area contributed by atoms with Gasteiger partial charge in [-0.1, -0.05) is 0 Å². The second kappa shape index (κ2) is 3.78. The Morgan fingerprint density at radius 3 is 2.87 bits per heavy atom. The average Bonchev–Trinajstić information content (AvgIpc) is 2.26. The predicted molar refractivity (Wildman–Crippen MR) is 52.5 cm³/mol. The fourth-order valence-electron chi connectivity index (χ4n) is 1.46. The monoisotopic (exact) mass is 209 g/mol. The number of Topliss-reactive ketones (excluding diaryl/α,β-unsaturated/α-hetero) is 1. The molecular weight excluding hydrogens is 198 g/mol. The van der Waals surface area contributed by atoms with Crippen LogP contribution in [0.25, 0.3) is 0 Å². The zero-order chi connectivity index (χ0) is 10.8. The molecule has 0 unspecified atom stereocenters. The van der Waals surface area contributed by atoms with Crippen molar-refractivity contribution in [1.29, 1.82) is 0 Å². The van der Waals surface area contributed by atoms with Crippen LogP contribution in [0.3, 0.4) is 0 Å². The van der Waals surface area contributed by atoms with Crippen LogP contribution in [0.5, 0.6) is 17.2 Å². The lowest BCUT2D eigenvalue weighted by atomic mass is 10.1. The number of phenolic OH excluding ortho intramolecular Hbond substituents is 1. The van der Waals surface area contributed by atoms with Crippen LogP contribution in [0.2, 0.25) is 0 Å². The number of ketones is 1. The Morgan fingerprint density at radius 1 is 1.40 bits per heavy atom. The van der Waals surface area contributed by atoms with Crippen LogP contribution in [0.4, 0.5) is 0 Å². The molecule has 0 saturated carbocycles. The smallest absolute Gasteiger partial charge is 0.180 e. The minimum absolute atomic E-state index is 0.0314. The van der Waals surface area contributed by atoms with Gasteiger partial charge in [0.2, 0.25) is 0 Å². The first-order chi connectivity index (χ1) is 7.22. The van der Waals surface area contributed by atoms with E-state index in [4.69, 9.17) is 15.2 Å². The number of carbonyl (C=O) groups excluding carboxylic acids is 1. The highest BCUT2D eigenvalue weighted by molar-refractivity contribution is 6.01. The van der Waals surface area contributed by atoms with Crippen LogP contribution >= 0.6 is 0 Å². The Labute approximate surface area is 86.4 Å². The van der Waals surface area contributed by atoms with Crippen molar-refractivity contribution < 1.29 is 19.4 Å². The molecule has 5 nitrogen and oxygen atoms in total. The molecule has 1 aromatic rings. The first kappa shape index (κ1) is 9.79. The summed E-state index contributed by atoms with van der Waals surface area (Å²) in [5.41, 5.74) is 5.53. The SMILES string of the molecule is NCC(=O)c1cc(O)cc2c1OCCO2. The van der Waals surface area contributed by atoms with Gasteiger partial charge in [-0.25, -0.2) is 0 Å². The first-order valence-corrected chi connectivity index (χ1v) is 4.58. The quantitative estimate of drug-likeness (QED) is 0.685. The van der Waals surface area contributed by atoms with Crippen molar-refractivity contribution in [3.63, 3.8) is 0 Å². The van der Waals surface area contributed by atoms with Crippen LogP contribution < -0.4 is 15.2 Å². The van der Waals surface area contributed by atoms with E-state index in [1.165, 1.54) is 12.1 Å². The minimum atomic E-state index is -0.285. The summed E-state index contributed by atoms with van der Waals surface area (Å²) in [7, 11) is 0. The molecule has 80 valence electrons. The lowest BCUT2D eigenvalue weighted by Crippen LogP contribution is -2.20. The van der Waals surface area contributed by atoms with Gasteiger partial charge in [0.25, 0.3) is 0 Å². The Bertz CT molecular complexity index is 403. The van der Waals surface area contributed by atoms with Crippen molar-refractivity contribution in [2.45, 2.75) is 0 Å². The number of benzene rings is 1. The number of rotatable bonds is 2. The van der Waals surface area contributed by atoms with Gasteiger partial charge in [0.1, 0.15) is 19.0 Å². The van der Waals surface area contributed by atoms with Gasteiger partial charge in [-0.2, -0.15) is 0 Å². The Morgan fingerprint density at radius 2 is 2.13 bits per heavy atom. The molecular formula is C10H11NO4.